The normalized spacial score (nSPS) is 17.0. The molecule has 28 heavy (non-hydrogen) atoms. The van der Waals surface area contributed by atoms with Crippen LogP contribution in [0.25, 0.3) is 16.7 Å². The zero-order valence-corrected chi connectivity index (χ0v) is 18.2. The van der Waals surface area contributed by atoms with E-state index in [-0.39, 0.29) is 0 Å². The van der Waals surface area contributed by atoms with E-state index in [1.54, 1.807) is 5.57 Å². The van der Waals surface area contributed by atoms with Crippen molar-refractivity contribution in [2.24, 2.45) is 11.8 Å². The Hall–Kier alpha value is -1.82. The SMILES string of the molecule is CCCCCC1CC=C(c2ccc(-c3ccc(CCC(C)C)cc3)cc2)CC1. The fourth-order valence-corrected chi connectivity index (χ4v) is 4.29. The molecule has 1 atom stereocenters. The highest BCUT2D eigenvalue weighted by Crippen LogP contribution is 2.33. The second-order valence-corrected chi connectivity index (χ2v) is 9.07. The largest absolute Gasteiger partial charge is 0.0804 e. The first-order valence-electron chi connectivity index (χ1n) is 11.5. The van der Waals surface area contributed by atoms with Crippen LogP contribution in [0.3, 0.4) is 0 Å². The van der Waals surface area contributed by atoms with E-state index in [4.69, 9.17) is 0 Å². The molecule has 0 N–H and O–H groups in total. The summed E-state index contributed by atoms with van der Waals surface area (Å²) in [6.45, 7) is 6.89. The Bertz CT molecular complexity index is 731. The summed E-state index contributed by atoms with van der Waals surface area (Å²) < 4.78 is 0. The Morgan fingerprint density at radius 1 is 0.857 bits per heavy atom. The molecule has 1 aliphatic carbocycles. The third-order valence-electron chi connectivity index (χ3n) is 6.29. The number of benzene rings is 2. The molecule has 0 aliphatic heterocycles. The molecule has 0 heteroatoms. The number of allylic oxidation sites excluding steroid dienone is 2. The second-order valence-electron chi connectivity index (χ2n) is 9.07. The molecular weight excluding hydrogens is 336 g/mol. The average Bonchev–Trinajstić information content (AvgIpc) is 2.73. The Balaban J connectivity index is 1.58. The molecule has 0 radical (unpaired) electrons. The van der Waals surface area contributed by atoms with Gasteiger partial charge in [-0.05, 0) is 71.8 Å². The number of rotatable bonds is 9. The summed E-state index contributed by atoms with van der Waals surface area (Å²) in [5.41, 5.74) is 7.09. The predicted octanol–water partition coefficient (Wildman–Crippen LogP) is 8.71. The van der Waals surface area contributed by atoms with Gasteiger partial charge in [0.2, 0.25) is 0 Å². The van der Waals surface area contributed by atoms with Crippen LogP contribution in [0, 0.1) is 11.8 Å². The lowest BCUT2D eigenvalue weighted by atomic mass is 9.83. The third kappa shape index (κ3) is 6.09. The highest BCUT2D eigenvalue weighted by atomic mass is 14.2. The molecule has 0 bridgehead atoms. The number of hydrogen-bond acceptors (Lipinski definition) is 0. The summed E-state index contributed by atoms with van der Waals surface area (Å²) in [4.78, 5) is 0. The topological polar surface area (TPSA) is 0 Å². The summed E-state index contributed by atoms with van der Waals surface area (Å²) in [7, 11) is 0. The summed E-state index contributed by atoms with van der Waals surface area (Å²) in [6, 6.07) is 18.4. The maximum absolute atomic E-state index is 2.51. The van der Waals surface area contributed by atoms with E-state index >= 15 is 0 Å². The van der Waals surface area contributed by atoms with Crippen LogP contribution in [0.5, 0.6) is 0 Å². The van der Waals surface area contributed by atoms with Gasteiger partial charge in [-0.2, -0.15) is 0 Å². The lowest BCUT2D eigenvalue weighted by Gasteiger charge is -2.22. The highest BCUT2D eigenvalue weighted by Gasteiger charge is 2.15. The minimum absolute atomic E-state index is 0.771. The van der Waals surface area contributed by atoms with Gasteiger partial charge in [0.1, 0.15) is 0 Å². The first-order chi connectivity index (χ1) is 13.7. The highest BCUT2D eigenvalue weighted by molar-refractivity contribution is 5.71. The van der Waals surface area contributed by atoms with E-state index in [0.717, 1.165) is 11.8 Å². The maximum atomic E-state index is 2.51. The molecule has 1 unspecified atom stereocenters. The van der Waals surface area contributed by atoms with Crippen molar-refractivity contribution in [3.63, 3.8) is 0 Å². The lowest BCUT2D eigenvalue weighted by Crippen LogP contribution is -2.05. The van der Waals surface area contributed by atoms with Crippen LogP contribution < -0.4 is 0 Å². The molecule has 0 saturated heterocycles. The molecule has 0 saturated carbocycles. The first-order valence-corrected chi connectivity index (χ1v) is 11.5. The van der Waals surface area contributed by atoms with Gasteiger partial charge in [0.25, 0.3) is 0 Å². The summed E-state index contributed by atoms with van der Waals surface area (Å²) in [5.74, 6) is 1.69. The zero-order chi connectivity index (χ0) is 19.8. The van der Waals surface area contributed by atoms with Gasteiger partial charge in [-0.25, -0.2) is 0 Å². The molecule has 0 heterocycles. The van der Waals surface area contributed by atoms with Crippen LogP contribution in [0.4, 0.5) is 0 Å². The molecule has 0 spiro atoms. The van der Waals surface area contributed by atoms with Gasteiger partial charge in [-0.15, -0.1) is 0 Å². The number of unbranched alkanes of at least 4 members (excludes halogenated alkanes) is 2. The van der Waals surface area contributed by atoms with Gasteiger partial charge in [0.05, 0.1) is 0 Å². The quantitative estimate of drug-likeness (QED) is 0.385. The van der Waals surface area contributed by atoms with Gasteiger partial charge in [-0.3, -0.25) is 0 Å². The van der Waals surface area contributed by atoms with E-state index in [1.165, 1.54) is 80.0 Å². The van der Waals surface area contributed by atoms with Gasteiger partial charge >= 0.3 is 0 Å². The Morgan fingerprint density at radius 3 is 2.07 bits per heavy atom. The maximum Gasteiger partial charge on any atom is -0.0184 e. The van der Waals surface area contributed by atoms with Gasteiger partial charge in [0.15, 0.2) is 0 Å². The van der Waals surface area contributed by atoms with Crippen LogP contribution in [0.2, 0.25) is 0 Å². The molecule has 0 fully saturated rings. The Kier molecular flexibility index (Phi) is 7.95. The van der Waals surface area contributed by atoms with Gasteiger partial charge < -0.3 is 0 Å². The van der Waals surface area contributed by atoms with Gasteiger partial charge in [0, 0.05) is 0 Å². The molecule has 2 aromatic rings. The molecule has 1 aliphatic rings. The van der Waals surface area contributed by atoms with Crippen molar-refractivity contribution in [3.8, 4) is 11.1 Å². The van der Waals surface area contributed by atoms with Crippen molar-refractivity contribution in [1.29, 1.82) is 0 Å². The molecule has 2 aromatic carbocycles. The Labute approximate surface area is 173 Å². The smallest absolute Gasteiger partial charge is 0.0184 e. The fourth-order valence-electron chi connectivity index (χ4n) is 4.29. The lowest BCUT2D eigenvalue weighted by molar-refractivity contribution is 0.428. The van der Waals surface area contributed by atoms with Crippen LogP contribution in [0.15, 0.2) is 54.6 Å². The average molecular weight is 375 g/mol. The van der Waals surface area contributed by atoms with Crippen LogP contribution >= 0.6 is 0 Å². The van der Waals surface area contributed by atoms with Crippen molar-refractivity contribution in [2.45, 2.75) is 78.6 Å². The van der Waals surface area contributed by atoms with Crippen molar-refractivity contribution < 1.29 is 0 Å². The summed E-state index contributed by atoms with van der Waals surface area (Å²) in [6.07, 6.45) is 14.4. The van der Waals surface area contributed by atoms with Crippen LogP contribution in [0.1, 0.15) is 83.3 Å². The van der Waals surface area contributed by atoms with Crippen LogP contribution in [-0.4, -0.2) is 0 Å². The molecule has 0 amide bonds. The second kappa shape index (κ2) is 10.6. The molecular formula is C28H38. The molecule has 0 aromatic heterocycles. The van der Waals surface area contributed by atoms with E-state index < -0.39 is 0 Å². The third-order valence-corrected chi connectivity index (χ3v) is 6.29. The monoisotopic (exact) mass is 374 g/mol. The summed E-state index contributed by atoms with van der Waals surface area (Å²) >= 11 is 0. The van der Waals surface area contributed by atoms with Crippen molar-refractivity contribution in [2.75, 3.05) is 0 Å². The van der Waals surface area contributed by atoms with E-state index in [0.29, 0.717) is 0 Å². The van der Waals surface area contributed by atoms with Crippen molar-refractivity contribution in [1.82, 2.24) is 0 Å². The zero-order valence-electron chi connectivity index (χ0n) is 18.2. The van der Waals surface area contributed by atoms with Gasteiger partial charge in [-0.1, -0.05) is 101 Å². The van der Waals surface area contributed by atoms with E-state index in [1.807, 2.05) is 0 Å². The first kappa shape index (κ1) is 20.9. The molecule has 150 valence electrons. The molecule has 0 nitrogen and oxygen atoms in total. The Morgan fingerprint density at radius 2 is 1.50 bits per heavy atom. The number of aryl methyl sites for hydroxylation is 1. The van der Waals surface area contributed by atoms with E-state index in [9.17, 15) is 0 Å². The van der Waals surface area contributed by atoms with Crippen molar-refractivity contribution >= 4 is 5.57 Å². The van der Waals surface area contributed by atoms with Crippen LogP contribution in [-0.2, 0) is 6.42 Å². The minimum Gasteiger partial charge on any atom is -0.0804 e. The predicted molar refractivity (Wildman–Crippen MR) is 124 cm³/mol. The molecule has 3 rings (SSSR count). The standard InChI is InChI=1S/C28H38/c1-4-5-6-7-23-10-14-25(15-11-23)27-18-20-28(21-19-27)26-16-12-24(13-17-26)9-8-22(2)3/h12-14,16-23H,4-11,15H2,1-3H3. The summed E-state index contributed by atoms with van der Waals surface area (Å²) in [5, 5.41) is 0. The van der Waals surface area contributed by atoms with E-state index in [2.05, 4.69) is 75.4 Å². The fraction of sp³-hybridized carbons (Fsp3) is 0.500. The minimum atomic E-state index is 0.771. The number of hydrogen-bond donors (Lipinski definition) is 0. The van der Waals surface area contributed by atoms with Crippen molar-refractivity contribution in [3.05, 3.63) is 65.7 Å².